The molecule has 3 unspecified atom stereocenters. The molecule has 0 bridgehead atoms. The van der Waals surface area contributed by atoms with Crippen molar-refractivity contribution in [3.05, 3.63) is 0 Å². The van der Waals surface area contributed by atoms with Gasteiger partial charge in [0.2, 0.25) is 0 Å². The summed E-state index contributed by atoms with van der Waals surface area (Å²) in [6.07, 6.45) is 11.3. The third kappa shape index (κ3) is 5.07. The molecule has 3 atom stereocenters. The van der Waals surface area contributed by atoms with Gasteiger partial charge >= 0.3 is 0 Å². The molecule has 2 aliphatic carbocycles. The van der Waals surface area contributed by atoms with Crippen molar-refractivity contribution in [2.24, 2.45) is 5.92 Å². The average molecular weight is 278 g/mol. The average Bonchev–Trinajstić information content (AvgIpc) is 3.28. The van der Waals surface area contributed by atoms with E-state index in [4.69, 9.17) is 4.74 Å². The lowest BCUT2D eigenvalue weighted by molar-refractivity contribution is 0.00939. The summed E-state index contributed by atoms with van der Waals surface area (Å²) in [5, 5.41) is 12.8. The molecule has 20 heavy (non-hydrogen) atoms. The lowest BCUT2D eigenvalue weighted by atomic mass is 9.85. The van der Waals surface area contributed by atoms with Crippen molar-refractivity contribution in [2.45, 2.75) is 89.3 Å². The van der Waals surface area contributed by atoms with Gasteiger partial charge in [-0.05, 0) is 51.4 Å². The molecule has 0 spiro atoms. The van der Waals surface area contributed by atoms with E-state index in [1.54, 1.807) is 0 Å². The third-order valence-corrected chi connectivity index (χ3v) is 4.83. The van der Waals surface area contributed by atoms with Crippen LogP contribution >= 0.6 is 0 Å². The molecule has 1 N–H and O–H groups in total. The molecule has 0 heterocycles. The molecule has 3 heteroatoms. The fraction of sp³-hybridized carbons (Fsp3) is 0.941. The number of nitriles is 1. The van der Waals surface area contributed by atoms with Crippen LogP contribution in [-0.4, -0.2) is 24.3 Å². The number of nitrogens with one attached hydrogen (secondary N) is 1. The Morgan fingerprint density at radius 1 is 1.30 bits per heavy atom. The monoisotopic (exact) mass is 278 g/mol. The van der Waals surface area contributed by atoms with Gasteiger partial charge < -0.3 is 4.74 Å². The Morgan fingerprint density at radius 2 is 2.10 bits per heavy atom. The molecular weight excluding hydrogens is 248 g/mol. The zero-order valence-electron chi connectivity index (χ0n) is 13.2. The second-order valence-electron chi connectivity index (χ2n) is 6.90. The fourth-order valence-electron chi connectivity index (χ4n) is 3.28. The zero-order valence-corrected chi connectivity index (χ0v) is 13.2. The first-order valence-corrected chi connectivity index (χ1v) is 8.46. The Hall–Kier alpha value is -0.590. The maximum absolute atomic E-state index is 9.32. The molecule has 114 valence electrons. The maximum atomic E-state index is 9.32. The van der Waals surface area contributed by atoms with Crippen molar-refractivity contribution in [1.82, 2.24) is 5.32 Å². The van der Waals surface area contributed by atoms with E-state index in [1.165, 1.54) is 44.9 Å². The van der Waals surface area contributed by atoms with Gasteiger partial charge in [0.25, 0.3) is 0 Å². The standard InChI is InChI=1S/C17H30N2O/c1-3-14-6-4-7-16(12-14)20-11-5-10-17(2,13-18)19-15-8-9-15/h14-16,19H,3-12H2,1-2H3. The highest BCUT2D eigenvalue weighted by atomic mass is 16.5. The minimum atomic E-state index is -0.358. The predicted molar refractivity (Wildman–Crippen MR) is 81.4 cm³/mol. The van der Waals surface area contributed by atoms with Crippen LogP contribution < -0.4 is 5.32 Å². The maximum Gasteiger partial charge on any atom is 0.104 e. The van der Waals surface area contributed by atoms with Crippen molar-refractivity contribution in [3.63, 3.8) is 0 Å². The highest BCUT2D eigenvalue weighted by molar-refractivity contribution is 5.06. The van der Waals surface area contributed by atoms with Crippen LogP contribution in [0.2, 0.25) is 0 Å². The molecule has 0 radical (unpaired) electrons. The summed E-state index contributed by atoms with van der Waals surface area (Å²) in [5.74, 6) is 0.870. The summed E-state index contributed by atoms with van der Waals surface area (Å²) in [6, 6.07) is 3.02. The van der Waals surface area contributed by atoms with Gasteiger partial charge in [-0.25, -0.2) is 0 Å². The quantitative estimate of drug-likeness (QED) is 0.687. The van der Waals surface area contributed by atoms with Crippen LogP contribution in [0.5, 0.6) is 0 Å². The van der Waals surface area contributed by atoms with Gasteiger partial charge in [-0.15, -0.1) is 0 Å². The van der Waals surface area contributed by atoms with Gasteiger partial charge in [0.05, 0.1) is 12.2 Å². The van der Waals surface area contributed by atoms with Crippen LogP contribution in [0.3, 0.4) is 0 Å². The summed E-state index contributed by atoms with van der Waals surface area (Å²) >= 11 is 0. The van der Waals surface area contributed by atoms with Gasteiger partial charge in [0, 0.05) is 12.6 Å². The van der Waals surface area contributed by atoms with Gasteiger partial charge in [-0.2, -0.15) is 5.26 Å². The minimum Gasteiger partial charge on any atom is -0.378 e. The van der Waals surface area contributed by atoms with Crippen LogP contribution in [0.15, 0.2) is 0 Å². The summed E-state index contributed by atoms with van der Waals surface area (Å²) in [5.41, 5.74) is -0.358. The van der Waals surface area contributed by atoms with Crippen LogP contribution in [-0.2, 0) is 4.74 Å². The Balaban J connectivity index is 1.61. The van der Waals surface area contributed by atoms with Gasteiger partial charge in [0.1, 0.15) is 5.54 Å². The van der Waals surface area contributed by atoms with Gasteiger partial charge in [-0.1, -0.05) is 26.2 Å². The second-order valence-corrected chi connectivity index (χ2v) is 6.90. The van der Waals surface area contributed by atoms with Gasteiger partial charge in [0.15, 0.2) is 0 Å². The molecule has 0 saturated heterocycles. The third-order valence-electron chi connectivity index (χ3n) is 4.83. The van der Waals surface area contributed by atoms with Crippen LogP contribution in [0.1, 0.15) is 71.6 Å². The summed E-state index contributed by atoms with van der Waals surface area (Å²) in [7, 11) is 0. The molecule has 2 saturated carbocycles. The van der Waals surface area contributed by atoms with Crippen LogP contribution in [0.25, 0.3) is 0 Å². The number of hydrogen-bond acceptors (Lipinski definition) is 3. The lowest BCUT2D eigenvalue weighted by Gasteiger charge is -2.29. The second kappa shape index (κ2) is 7.43. The van der Waals surface area contributed by atoms with Crippen molar-refractivity contribution in [3.8, 4) is 6.07 Å². The molecular formula is C17H30N2O. The Bertz CT molecular complexity index is 334. The molecule has 0 amide bonds. The number of ether oxygens (including phenoxy) is 1. The van der Waals surface area contributed by atoms with E-state index >= 15 is 0 Å². The van der Waals surface area contributed by atoms with Crippen LogP contribution in [0, 0.1) is 17.2 Å². The van der Waals surface area contributed by atoms with E-state index in [0.717, 1.165) is 25.4 Å². The summed E-state index contributed by atoms with van der Waals surface area (Å²) in [6.45, 7) is 5.12. The number of rotatable bonds is 8. The SMILES string of the molecule is CCC1CCCC(OCCCC(C)(C#N)NC2CC2)C1. The summed E-state index contributed by atoms with van der Waals surface area (Å²) < 4.78 is 6.04. The highest BCUT2D eigenvalue weighted by Gasteiger charge is 2.32. The Morgan fingerprint density at radius 3 is 2.75 bits per heavy atom. The first-order chi connectivity index (χ1) is 9.65. The van der Waals surface area contributed by atoms with E-state index in [1.807, 2.05) is 6.92 Å². The molecule has 2 rings (SSSR count). The van der Waals surface area contributed by atoms with Gasteiger partial charge in [-0.3, -0.25) is 5.32 Å². The largest absolute Gasteiger partial charge is 0.378 e. The Kier molecular flexibility index (Phi) is 5.86. The van der Waals surface area contributed by atoms with E-state index in [0.29, 0.717) is 12.1 Å². The molecule has 2 fully saturated rings. The van der Waals surface area contributed by atoms with Crippen molar-refractivity contribution >= 4 is 0 Å². The zero-order chi connectivity index (χ0) is 14.4. The minimum absolute atomic E-state index is 0.358. The number of hydrogen-bond donors (Lipinski definition) is 1. The predicted octanol–water partition coefficient (Wildman–Crippen LogP) is 3.79. The van der Waals surface area contributed by atoms with E-state index in [9.17, 15) is 5.26 Å². The van der Waals surface area contributed by atoms with Crippen molar-refractivity contribution in [2.75, 3.05) is 6.61 Å². The Labute approximate surface area is 124 Å². The highest BCUT2D eigenvalue weighted by Crippen LogP contribution is 2.29. The molecule has 0 aromatic rings. The molecule has 2 aliphatic rings. The van der Waals surface area contributed by atoms with Crippen molar-refractivity contribution < 1.29 is 4.74 Å². The van der Waals surface area contributed by atoms with E-state index < -0.39 is 0 Å². The van der Waals surface area contributed by atoms with Crippen molar-refractivity contribution in [1.29, 1.82) is 5.26 Å². The smallest absolute Gasteiger partial charge is 0.104 e. The lowest BCUT2D eigenvalue weighted by Crippen LogP contribution is -2.42. The first-order valence-electron chi connectivity index (χ1n) is 8.46. The molecule has 3 nitrogen and oxygen atoms in total. The topological polar surface area (TPSA) is 45.0 Å². The van der Waals surface area contributed by atoms with E-state index in [2.05, 4.69) is 18.3 Å². The summed E-state index contributed by atoms with van der Waals surface area (Å²) in [4.78, 5) is 0. The molecule has 0 aliphatic heterocycles. The van der Waals surface area contributed by atoms with E-state index in [-0.39, 0.29) is 5.54 Å². The molecule has 0 aromatic carbocycles. The normalized spacial score (nSPS) is 29.6. The molecule has 0 aromatic heterocycles. The van der Waals surface area contributed by atoms with Crippen LogP contribution in [0.4, 0.5) is 0 Å². The number of nitrogens with zero attached hydrogens (tertiary/aromatic N) is 1. The fourth-order valence-corrected chi connectivity index (χ4v) is 3.28. The first kappa shape index (κ1) is 15.8.